The van der Waals surface area contributed by atoms with Crippen LogP contribution in [0.5, 0.6) is 0 Å². The van der Waals surface area contributed by atoms with Gasteiger partial charge < -0.3 is 9.30 Å². The van der Waals surface area contributed by atoms with Gasteiger partial charge in [-0.05, 0) is 39.3 Å². The van der Waals surface area contributed by atoms with E-state index >= 15 is 0 Å². The highest BCUT2D eigenvalue weighted by Crippen LogP contribution is 2.28. The molecule has 1 aliphatic rings. The van der Waals surface area contributed by atoms with Gasteiger partial charge in [-0.1, -0.05) is 6.92 Å². The van der Waals surface area contributed by atoms with Crippen molar-refractivity contribution in [2.75, 3.05) is 19.7 Å². The van der Waals surface area contributed by atoms with Crippen LogP contribution in [0.1, 0.15) is 51.3 Å². The molecule has 1 aliphatic heterocycles. The molecule has 0 amide bonds. The smallest absolute Gasteiger partial charge is 0.307 e. The van der Waals surface area contributed by atoms with Gasteiger partial charge in [0.15, 0.2) is 0 Å². The van der Waals surface area contributed by atoms with Crippen LogP contribution in [0.4, 0.5) is 0 Å². The Bertz CT molecular complexity index is 425. The Labute approximate surface area is 120 Å². The zero-order valence-corrected chi connectivity index (χ0v) is 12.5. The summed E-state index contributed by atoms with van der Waals surface area (Å²) in [6.07, 6.45) is 7.67. The summed E-state index contributed by atoms with van der Waals surface area (Å²) in [7, 11) is 0. The number of imidazole rings is 1. The van der Waals surface area contributed by atoms with Gasteiger partial charge in [-0.25, -0.2) is 4.98 Å². The highest BCUT2D eigenvalue weighted by Gasteiger charge is 2.28. The van der Waals surface area contributed by atoms with E-state index in [1.807, 2.05) is 19.4 Å². The molecule has 1 unspecified atom stereocenters. The number of nitrogens with zero attached hydrogens (tertiary/aromatic N) is 3. The second-order valence-corrected chi connectivity index (χ2v) is 5.28. The Morgan fingerprint density at radius 3 is 2.80 bits per heavy atom. The summed E-state index contributed by atoms with van der Waals surface area (Å²) in [5.74, 6) is -0.117. The molecule has 20 heavy (non-hydrogen) atoms. The maximum Gasteiger partial charge on any atom is 0.307 e. The Morgan fingerprint density at radius 2 is 2.15 bits per heavy atom. The Hall–Kier alpha value is -1.36. The maximum absolute atomic E-state index is 11.9. The molecule has 1 aromatic heterocycles. The SMILES string of the molecule is CCCn1cncc1C(CC(=O)OCC)N1CCCC1. The molecule has 0 aromatic carbocycles. The van der Waals surface area contributed by atoms with E-state index in [1.165, 1.54) is 12.8 Å². The third-order valence-electron chi connectivity index (χ3n) is 3.80. The van der Waals surface area contributed by atoms with Crippen LogP contribution >= 0.6 is 0 Å². The number of ether oxygens (including phenoxy) is 1. The number of aromatic nitrogens is 2. The molecule has 1 saturated heterocycles. The molecule has 5 heteroatoms. The van der Waals surface area contributed by atoms with E-state index in [9.17, 15) is 4.79 Å². The van der Waals surface area contributed by atoms with Crippen LogP contribution in [0.2, 0.25) is 0 Å². The van der Waals surface area contributed by atoms with E-state index in [-0.39, 0.29) is 12.0 Å². The third kappa shape index (κ3) is 3.60. The maximum atomic E-state index is 11.9. The number of hydrogen-bond acceptors (Lipinski definition) is 4. The van der Waals surface area contributed by atoms with Gasteiger partial charge in [-0.15, -0.1) is 0 Å². The molecule has 1 atom stereocenters. The largest absolute Gasteiger partial charge is 0.466 e. The first-order chi connectivity index (χ1) is 9.76. The van der Waals surface area contributed by atoms with Crippen LogP contribution in [0.25, 0.3) is 0 Å². The number of carbonyl (C=O) groups is 1. The van der Waals surface area contributed by atoms with Gasteiger partial charge in [0.2, 0.25) is 0 Å². The van der Waals surface area contributed by atoms with Crippen LogP contribution in [-0.4, -0.2) is 40.1 Å². The molecule has 0 aliphatic carbocycles. The highest BCUT2D eigenvalue weighted by atomic mass is 16.5. The summed E-state index contributed by atoms with van der Waals surface area (Å²) in [5.41, 5.74) is 1.14. The summed E-state index contributed by atoms with van der Waals surface area (Å²) in [6.45, 7) is 7.51. The fraction of sp³-hybridized carbons (Fsp3) is 0.733. The Balaban J connectivity index is 2.16. The number of likely N-dealkylation sites (tertiary alicyclic amines) is 1. The van der Waals surface area contributed by atoms with Gasteiger partial charge in [0.05, 0.1) is 31.1 Å². The molecule has 0 N–H and O–H groups in total. The van der Waals surface area contributed by atoms with Crippen molar-refractivity contribution in [2.24, 2.45) is 0 Å². The van der Waals surface area contributed by atoms with Crippen LogP contribution in [0.15, 0.2) is 12.5 Å². The number of aryl methyl sites for hydroxylation is 1. The lowest BCUT2D eigenvalue weighted by molar-refractivity contribution is -0.144. The summed E-state index contributed by atoms with van der Waals surface area (Å²) in [4.78, 5) is 18.6. The van der Waals surface area contributed by atoms with Crippen molar-refractivity contribution >= 4 is 5.97 Å². The second kappa shape index (κ2) is 7.43. The molecule has 0 spiro atoms. The minimum absolute atomic E-state index is 0.102. The lowest BCUT2D eigenvalue weighted by Gasteiger charge is -2.27. The number of carbonyl (C=O) groups excluding carboxylic acids is 1. The number of esters is 1. The number of rotatable bonds is 7. The second-order valence-electron chi connectivity index (χ2n) is 5.28. The van der Waals surface area contributed by atoms with Crippen molar-refractivity contribution in [1.82, 2.24) is 14.5 Å². The lowest BCUT2D eigenvalue weighted by Crippen LogP contribution is -2.30. The minimum atomic E-state index is -0.117. The van der Waals surface area contributed by atoms with Crippen LogP contribution in [0, 0.1) is 0 Å². The predicted molar refractivity (Wildman–Crippen MR) is 77.3 cm³/mol. The molecule has 1 aromatic rings. The van der Waals surface area contributed by atoms with E-state index in [2.05, 4.69) is 21.4 Å². The van der Waals surface area contributed by atoms with Gasteiger partial charge in [0.25, 0.3) is 0 Å². The Morgan fingerprint density at radius 1 is 1.40 bits per heavy atom. The zero-order chi connectivity index (χ0) is 14.4. The normalized spacial score (nSPS) is 17.3. The first-order valence-corrected chi connectivity index (χ1v) is 7.66. The van der Waals surface area contributed by atoms with E-state index in [4.69, 9.17) is 4.74 Å². The molecule has 2 rings (SSSR count). The van der Waals surface area contributed by atoms with E-state index in [0.29, 0.717) is 13.0 Å². The molecule has 0 bridgehead atoms. The fourth-order valence-electron chi connectivity index (χ4n) is 2.89. The van der Waals surface area contributed by atoms with Crippen molar-refractivity contribution in [2.45, 2.75) is 52.1 Å². The molecule has 5 nitrogen and oxygen atoms in total. The molecular weight excluding hydrogens is 254 g/mol. The fourth-order valence-corrected chi connectivity index (χ4v) is 2.89. The van der Waals surface area contributed by atoms with Gasteiger partial charge in [-0.3, -0.25) is 9.69 Å². The summed E-state index contributed by atoms with van der Waals surface area (Å²) in [5, 5.41) is 0. The summed E-state index contributed by atoms with van der Waals surface area (Å²) >= 11 is 0. The first-order valence-electron chi connectivity index (χ1n) is 7.66. The predicted octanol–water partition coefficient (Wildman–Crippen LogP) is 2.38. The monoisotopic (exact) mass is 279 g/mol. The van der Waals surface area contributed by atoms with Gasteiger partial charge in [-0.2, -0.15) is 0 Å². The quantitative estimate of drug-likeness (QED) is 0.719. The zero-order valence-electron chi connectivity index (χ0n) is 12.5. The van der Waals surface area contributed by atoms with Crippen molar-refractivity contribution in [1.29, 1.82) is 0 Å². The van der Waals surface area contributed by atoms with Crippen LogP contribution in [-0.2, 0) is 16.1 Å². The van der Waals surface area contributed by atoms with Crippen molar-refractivity contribution < 1.29 is 9.53 Å². The third-order valence-corrected chi connectivity index (χ3v) is 3.80. The van der Waals surface area contributed by atoms with E-state index in [0.717, 1.165) is 31.7 Å². The average molecular weight is 279 g/mol. The van der Waals surface area contributed by atoms with Gasteiger partial charge >= 0.3 is 5.97 Å². The molecule has 1 fully saturated rings. The Kier molecular flexibility index (Phi) is 5.59. The molecule has 0 saturated carbocycles. The standard InChI is InChI=1S/C15H25N3O2/c1-3-7-18-12-16-11-14(18)13(10-15(19)20-4-2)17-8-5-6-9-17/h11-13H,3-10H2,1-2H3. The van der Waals surface area contributed by atoms with Gasteiger partial charge in [0, 0.05) is 12.7 Å². The van der Waals surface area contributed by atoms with Gasteiger partial charge in [0.1, 0.15) is 0 Å². The van der Waals surface area contributed by atoms with Crippen LogP contribution < -0.4 is 0 Å². The summed E-state index contributed by atoms with van der Waals surface area (Å²) in [6, 6.07) is 0.102. The molecule has 0 radical (unpaired) electrons. The molecule has 112 valence electrons. The number of hydrogen-bond donors (Lipinski definition) is 0. The van der Waals surface area contributed by atoms with Crippen molar-refractivity contribution in [3.8, 4) is 0 Å². The lowest BCUT2D eigenvalue weighted by atomic mass is 10.1. The van der Waals surface area contributed by atoms with Crippen molar-refractivity contribution in [3.05, 3.63) is 18.2 Å². The van der Waals surface area contributed by atoms with E-state index in [1.54, 1.807) is 0 Å². The topological polar surface area (TPSA) is 47.4 Å². The molecule has 2 heterocycles. The van der Waals surface area contributed by atoms with E-state index < -0.39 is 0 Å². The first kappa shape index (κ1) is 15.0. The minimum Gasteiger partial charge on any atom is -0.466 e. The molecular formula is C15H25N3O2. The van der Waals surface area contributed by atoms with Crippen LogP contribution in [0.3, 0.4) is 0 Å². The summed E-state index contributed by atoms with van der Waals surface area (Å²) < 4.78 is 7.30. The average Bonchev–Trinajstić information content (AvgIpc) is 3.08. The highest BCUT2D eigenvalue weighted by molar-refractivity contribution is 5.70. The van der Waals surface area contributed by atoms with Crippen molar-refractivity contribution in [3.63, 3.8) is 0 Å².